The normalized spacial score (nSPS) is 11.0. The summed E-state index contributed by atoms with van der Waals surface area (Å²) >= 11 is 13.8. The van der Waals surface area contributed by atoms with E-state index in [4.69, 9.17) is 37.7 Å². The van der Waals surface area contributed by atoms with E-state index >= 15 is 0 Å². The number of aromatic nitrogens is 4. The average Bonchev–Trinajstić information content (AvgIpc) is 3.31. The van der Waals surface area contributed by atoms with Crippen molar-refractivity contribution in [3.05, 3.63) is 65.6 Å². The Kier molecular flexibility index (Phi) is 7.24. The van der Waals surface area contributed by atoms with Crippen LogP contribution in [-0.4, -0.2) is 39.1 Å². The van der Waals surface area contributed by atoms with Crippen LogP contribution in [0, 0.1) is 11.3 Å². The minimum atomic E-state index is 0.344. The quantitative estimate of drug-likeness (QED) is 0.171. The van der Waals surface area contributed by atoms with Gasteiger partial charge < -0.3 is 19.4 Å². The Morgan fingerprint density at radius 2 is 2.03 bits per heavy atom. The lowest BCUT2D eigenvalue weighted by Crippen LogP contribution is -2.01. The molecular weight excluding hydrogens is 531 g/mol. The van der Waals surface area contributed by atoms with Gasteiger partial charge >= 0.3 is 0 Å². The van der Waals surface area contributed by atoms with E-state index in [1.807, 2.05) is 48.1 Å². The molecule has 8 nitrogen and oxygen atoms in total. The highest BCUT2D eigenvalue weighted by atomic mass is 35.5. The molecule has 0 amide bonds. The van der Waals surface area contributed by atoms with Crippen LogP contribution in [0.25, 0.3) is 21.9 Å². The van der Waals surface area contributed by atoms with E-state index in [1.165, 1.54) is 18.0 Å². The number of hydrogen-bond acceptors (Lipinski definition) is 8. The first-order chi connectivity index (χ1) is 18.0. The van der Waals surface area contributed by atoms with Crippen LogP contribution in [0.2, 0.25) is 5.02 Å². The molecule has 3 heterocycles. The number of hydrogen-bond donors (Lipinski definition) is 1. The lowest BCUT2D eigenvalue weighted by atomic mass is 10.1. The number of nitrogens with one attached hydrogen (secondary N) is 1. The highest BCUT2D eigenvalue weighted by molar-refractivity contribution is 7.99. The van der Waals surface area contributed by atoms with Crippen LogP contribution in [0.5, 0.6) is 11.5 Å². The largest absolute Gasteiger partial charge is 0.493 e. The smallest absolute Gasteiger partial charge is 0.172 e. The standard InChI is InChI=1S/C26H20Cl2N6O2S/c1-34-7-6-30-26(34)37-23-4-3-17(11-19(23)28)32-24-16(13-29)14-31-25-18(24)9-15-10-21(35-2)22(36-8-5-27)12-20(15)33-25/h3-4,6-7,9-12,14H,5,8H2,1-2H3,(H,31,32,33). The van der Waals surface area contributed by atoms with Crippen LogP contribution in [0.4, 0.5) is 11.4 Å². The van der Waals surface area contributed by atoms with Gasteiger partial charge in [0.05, 0.1) is 34.8 Å². The number of anilines is 2. The summed E-state index contributed by atoms with van der Waals surface area (Å²) < 4.78 is 13.1. The molecule has 0 aliphatic heterocycles. The van der Waals surface area contributed by atoms with Crippen molar-refractivity contribution in [2.45, 2.75) is 10.1 Å². The van der Waals surface area contributed by atoms with Crippen LogP contribution < -0.4 is 14.8 Å². The zero-order valence-electron chi connectivity index (χ0n) is 19.8. The molecule has 0 atom stereocenters. The number of aryl methyl sites for hydroxylation is 1. The van der Waals surface area contributed by atoms with Crippen molar-refractivity contribution >= 4 is 68.3 Å². The van der Waals surface area contributed by atoms with Crippen molar-refractivity contribution in [2.24, 2.45) is 7.05 Å². The van der Waals surface area contributed by atoms with Crippen LogP contribution >= 0.6 is 35.0 Å². The third kappa shape index (κ3) is 5.09. The van der Waals surface area contributed by atoms with Gasteiger partial charge in [-0.05, 0) is 30.3 Å². The molecule has 0 aliphatic rings. The van der Waals surface area contributed by atoms with E-state index in [1.54, 1.807) is 19.4 Å². The Hall–Kier alpha value is -3.71. The van der Waals surface area contributed by atoms with Crippen LogP contribution in [-0.2, 0) is 7.05 Å². The molecule has 2 aromatic carbocycles. The fourth-order valence-corrected chi connectivity index (χ4v) is 4.97. The van der Waals surface area contributed by atoms with Gasteiger partial charge in [-0.3, -0.25) is 0 Å². The van der Waals surface area contributed by atoms with Crippen molar-refractivity contribution in [1.29, 1.82) is 5.26 Å². The highest BCUT2D eigenvalue weighted by Crippen LogP contribution is 2.38. The van der Waals surface area contributed by atoms with E-state index in [0.29, 0.717) is 56.8 Å². The van der Waals surface area contributed by atoms with E-state index < -0.39 is 0 Å². The van der Waals surface area contributed by atoms with Crippen molar-refractivity contribution in [1.82, 2.24) is 19.5 Å². The number of rotatable bonds is 8. The van der Waals surface area contributed by atoms with E-state index in [0.717, 1.165) is 21.1 Å². The molecule has 3 aromatic heterocycles. The van der Waals surface area contributed by atoms with Crippen LogP contribution in [0.3, 0.4) is 0 Å². The summed E-state index contributed by atoms with van der Waals surface area (Å²) in [6, 6.07) is 13.4. The maximum atomic E-state index is 9.80. The second-order valence-corrected chi connectivity index (χ2v) is 9.74. The van der Waals surface area contributed by atoms with Crippen molar-refractivity contribution in [3.63, 3.8) is 0 Å². The average molecular weight is 551 g/mol. The molecule has 0 bridgehead atoms. The minimum absolute atomic E-state index is 0.344. The second-order valence-electron chi connectivity index (χ2n) is 7.94. The fourth-order valence-electron chi connectivity index (χ4n) is 3.78. The molecule has 5 rings (SSSR count). The Balaban J connectivity index is 1.55. The summed E-state index contributed by atoms with van der Waals surface area (Å²) in [7, 11) is 3.50. The van der Waals surface area contributed by atoms with E-state index in [2.05, 4.69) is 21.4 Å². The topological polar surface area (TPSA) is 97.9 Å². The number of alkyl halides is 1. The highest BCUT2D eigenvalue weighted by Gasteiger charge is 2.15. The zero-order chi connectivity index (χ0) is 25.9. The predicted molar refractivity (Wildman–Crippen MR) is 147 cm³/mol. The van der Waals surface area contributed by atoms with Gasteiger partial charge in [-0.1, -0.05) is 23.4 Å². The lowest BCUT2D eigenvalue weighted by Gasteiger charge is -2.14. The Morgan fingerprint density at radius 3 is 2.73 bits per heavy atom. The summed E-state index contributed by atoms with van der Waals surface area (Å²) in [6.45, 7) is 0.344. The Bertz CT molecular complexity index is 1670. The molecule has 0 radical (unpaired) electrons. The third-order valence-electron chi connectivity index (χ3n) is 5.57. The fraction of sp³-hybridized carbons (Fsp3) is 0.154. The van der Waals surface area contributed by atoms with Gasteiger partial charge in [0.2, 0.25) is 0 Å². The summed E-state index contributed by atoms with van der Waals surface area (Å²) in [4.78, 5) is 14.3. The number of nitrogens with zero attached hydrogens (tertiary/aromatic N) is 5. The van der Waals surface area contributed by atoms with Crippen LogP contribution in [0.1, 0.15) is 5.56 Å². The first-order valence-electron chi connectivity index (χ1n) is 11.1. The molecule has 5 aromatic rings. The molecule has 0 saturated heterocycles. The number of methoxy groups -OCH3 is 1. The van der Waals surface area contributed by atoms with E-state index in [9.17, 15) is 5.26 Å². The number of benzene rings is 2. The number of halogens is 2. The molecular formula is C26H20Cl2N6O2S. The molecule has 0 saturated carbocycles. The summed E-state index contributed by atoms with van der Waals surface area (Å²) in [5.41, 5.74) is 2.85. The Morgan fingerprint density at radius 1 is 1.16 bits per heavy atom. The molecule has 37 heavy (non-hydrogen) atoms. The molecule has 0 fully saturated rings. The van der Waals surface area contributed by atoms with Gasteiger partial charge in [0.15, 0.2) is 22.3 Å². The first-order valence-corrected chi connectivity index (χ1v) is 12.9. The summed E-state index contributed by atoms with van der Waals surface area (Å²) in [5, 5.41) is 16.0. The molecule has 0 unspecified atom stereocenters. The number of imidazole rings is 1. The van der Waals surface area contributed by atoms with E-state index in [-0.39, 0.29) is 0 Å². The molecule has 0 aliphatic carbocycles. The van der Waals surface area contributed by atoms with Gasteiger partial charge in [-0.15, -0.1) is 11.6 Å². The zero-order valence-corrected chi connectivity index (χ0v) is 22.2. The molecule has 0 spiro atoms. The number of ether oxygens (including phenoxy) is 2. The minimum Gasteiger partial charge on any atom is -0.493 e. The number of pyridine rings is 2. The maximum absolute atomic E-state index is 9.80. The van der Waals surface area contributed by atoms with Crippen molar-refractivity contribution in [2.75, 3.05) is 24.9 Å². The van der Waals surface area contributed by atoms with Gasteiger partial charge in [0, 0.05) is 53.1 Å². The maximum Gasteiger partial charge on any atom is 0.172 e. The predicted octanol–water partition coefficient (Wildman–Crippen LogP) is 6.56. The summed E-state index contributed by atoms with van der Waals surface area (Å²) in [5.74, 6) is 1.46. The second kappa shape index (κ2) is 10.7. The van der Waals surface area contributed by atoms with Gasteiger partial charge in [-0.25, -0.2) is 15.0 Å². The molecule has 11 heteroatoms. The Labute approximate surface area is 227 Å². The van der Waals surface area contributed by atoms with Gasteiger partial charge in [0.1, 0.15) is 12.7 Å². The van der Waals surface area contributed by atoms with Crippen molar-refractivity contribution in [3.8, 4) is 17.6 Å². The monoisotopic (exact) mass is 550 g/mol. The number of fused-ring (bicyclic) bond motifs is 2. The number of nitriles is 1. The lowest BCUT2D eigenvalue weighted by molar-refractivity contribution is 0.313. The summed E-state index contributed by atoms with van der Waals surface area (Å²) in [6.07, 6.45) is 5.13. The SMILES string of the molecule is COc1cc2cc3c(Nc4ccc(Sc5nccn5C)c(Cl)c4)c(C#N)cnc3nc2cc1OCCCl. The molecule has 186 valence electrons. The first kappa shape index (κ1) is 25.0. The third-order valence-corrected chi connectivity index (χ3v) is 7.30. The van der Waals surface area contributed by atoms with Crippen molar-refractivity contribution < 1.29 is 9.47 Å². The molecule has 1 N–H and O–H groups in total. The van der Waals surface area contributed by atoms with Crippen LogP contribution in [0.15, 0.2) is 65.0 Å². The van der Waals surface area contributed by atoms with Gasteiger partial charge in [-0.2, -0.15) is 5.26 Å². The van der Waals surface area contributed by atoms with Gasteiger partial charge in [0.25, 0.3) is 0 Å².